The Balaban J connectivity index is 0.00000400. The molecule has 9 rings (SSSR count). The first-order valence-electron chi connectivity index (χ1n) is 16.9. The minimum absolute atomic E-state index is 0. The van der Waals surface area contributed by atoms with Crippen LogP contribution >= 0.6 is 0 Å². The van der Waals surface area contributed by atoms with E-state index in [1.54, 1.807) is 0 Å². The minimum Gasteiger partial charge on any atom is -0.657 e. The Labute approximate surface area is 318 Å². The summed E-state index contributed by atoms with van der Waals surface area (Å²) in [6, 6.07) is 39.4. The zero-order valence-electron chi connectivity index (χ0n) is 28.7. The number of nitrogens with zero attached hydrogens (tertiary/aromatic N) is 4. The summed E-state index contributed by atoms with van der Waals surface area (Å²) in [5.41, 5.74) is 40.7. The van der Waals surface area contributed by atoms with Crippen LogP contribution in [0.1, 0.15) is 22.8 Å². The SMILES string of the molecule is Nc1ccc(-c2c3nc(c(-c4ccc(N)cc4)c4ccc([n-]4)c(-c4ccc(N)cc4)c4nc(c(-c5ccc(N)cc5)c5ccc2[n-]5)C=C4)C=C3)cc1.[Zn+2]. The predicted molar refractivity (Wildman–Crippen MR) is 216 cm³/mol. The van der Waals surface area contributed by atoms with Gasteiger partial charge in [-0.2, -0.15) is 0 Å². The molecule has 0 aliphatic carbocycles. The molecule has 8 nitrogen and oxygen atoms in total. The van der Waals surface area contributed by atoms with Crippen LogP contribution in [-0.4, -0.2) is 9.97 Å². The number of aromatic nitrogens is 4. The van der Waals surface area contributed by atoms with Crippen LogP contribution in [0, 0.1) is 0 Å². The molecule has 2 aliphatic heterocycles. The predicted octanol–water partition coefficient (Wildman–Crippen LogP) is 8.91. The molecule has 9 heteroatoms. The number of anilines is 4. The second-order valence-corrected chi connectivity index (χ2v) is 12.9. The van der Waals surface area contributed by atoms with Gasteiger partial charge in [0.15, 0.2) is 0 Å². The maximum Gasteiger partial charge on any atom is 2.00 e. The fourth-order valence-corrected chi connectivity index (χ4v) is 6.87. The quantitative estimate of drug-likeness (QED) is 0.103. The average Bonchev–Trinajstić information content (AvgIpc) is 3.99. The Bertz CT molecular complexity index is 2370. The second kappa shape index (κ2) is 13.5. The van der Waals surface area contributed by atoms with Crippen molar-refractivity contribution in [3.8, 4) is 44.5 Å². The Kier molecular flexibility index (Phi) is 8.49. The molecule has 0 fully saturated rings. The van der Waals surface area contributed by atoms with E-state index < -0.39 is 0 Å². The normalized spacial score (nSPS) is 11.8. The van der Waals surface area contributed by atoms with E-state index in [1.165, 1.54) is 0 Å². The number of nitrogen functional groups attached to an aromatic ring is 4. The summed E-state index contributed by atoms with van der Waals surface area (Å²) in [6.45, 7) is 0. The van der Waals surface area contributed by atoms with Crippen LogP contribution in [0.5, 0.6) is 0 Å². The molecule has 0 amide bonds. The average molecular weight is 738 g/mol. The Morgan fingerprint density at radius 2 is 0.509 bits per heavy atom. The van der Waals surface area contributed by atoms with Gasteiger partial charge in [0, 0.05) is 22.7 Å². The molecule has 0 saturated carbocycles. The van der Waals surface area contributed by atoms with Crippen molar-refractivity contribution in [1.29, 1.82) is 0 Å². The van der Waals surface area contributed by atoms with E-state index in [-0.39, 0.29) is 19.5 Å². The van der Waals surface area contributed by atoms with Gasteiger partial charge in [-0.3, -0.25) is 0 Å². The van der Waals surface area contributed by atoms with Gasteiger partial charge in [-0.1, -0.05) is 72.8 Å². The Morgan fingerprint density at radius 3 is 0.717 bits per heavy atom. The fourth-order valence-electron chi connectivity index (χ4n) is 6.87. The molecule has 0 radical (unpaired) electrons. The molecule has 0 spiro atoms. The van der Waals surface area contributed by atoms with E-state index in [4.69, 9.17) is 42.9 Å². The summed E-state index contributed by atoms with van der Waals surface area (Å²) in [6.07, 6.45) is 8.15. The molecule has 2 aliphatic rings. The number of hydrogen-bond acceptors (Lipinski definition) is 6. The van der Waals surface area contributed by atoms with Gasteiger partial charge < -0.3 is 32.9 Å². The third-order valence-corrected chi connectivity index (χ3v) is 9.41. The molecular weight excluding hydrogens is 706 g/mol. The number of fused-ring (bicyclic) bond motifs is 8. The van der Waals surface area contributed by atoms with Gasteiger partial charge in [0.05, 0.1) is 22.8 Å². The Hall–Kier alpha value is -6.70. The van der Waals surface area contributed by atoms with Crippen molar-refractivity contribution >= 4 is 69.1 Å². The number of hydrogen-bond donors (Lipinski definition) is 4. The molecule has 5 heterocycles. The summed E-state index contributed by atoms with van der Waals surface area (Å²) in [7, 11) is 0. The van der Waals surface area contributed by atoms with Crippen LogP contribution in [-0.2, 0) is 19.5 Å². The van der Waals surface area contributed by atoms with Crippen molar-refractivity contribution in [3.05, 3.63) is 144 Å². The van der Waals surface area contributed by atoms with Gasteiger partial charge in [-0.05, 0) is 117 Å². The molecule has 0 saturated heterocycles. The summed E-state index contributed by atoms with van der Waals surface area (Å²) in [5, 5.41) is 0. The molecule has 0 atom stereocenters. The zero-order chi connectivity index (χ0) is 35.3. The topological polar surface area (TPSA) is 158 Å². The molecule has 8 bridgehead atoms. The van der Waals surface area contributed by atoms with E-state index in [2.05, 4.69) is 0 Å². The van der Waals surface area contributed by atoms with Gasteiger partial charge in [-0.15, -0.1) is 22.1 Å². The zero-order valence-corrected chi connectivity index (χ0v) is 31.6. The van der Waals surface area contributed by atoms with E-state index in [0.29, 0.717) is 22.7 Å². The van der Waals surface area contributed by atoms with Crippen LogP contribution in [0.3, 0.4) is 0 Å². The van der Waals surface area contributed by atoms with Crippen molar-refractivity contribution in [1.82, 2.24) is 19.9 Å². The van der Waals surface area contributed by atoms with Crippen LogP contribution in [0.4, 0.5) is 22.7 Å². The first kappa shape index (κ1) is 33.4. The summed E-state index contributed by atoms with van der Waals surface area (Å²) in [5.74, 6) is 0. The van der Waals surface area contributed by atoms with Crippen molar-refractivity contribution in [2.75, 3.05) is 22.9 Å². The standard InChI is InChI=1S/C44H32N8.Zn/c45-29-9-1-25(2-10-29)41-33-17-19-35(49-33)42(26-3-11-30(46)12-4-26)37-21-23-39(51-37)44(28-7-15-32(48)16-8-28)40-24-22-38(52-40)43(36-20-18-34(41)50-36)27-5-13-31(47)14-6-27;/h1-24H,45-48H2;/q-2;+2. The molecule has 4 aromatic carbocycles. The third-order valence-electron chi connectivity index (χ3n) is 9.41. The molecule has 0 unspecified atom stereocenters. The maximum absolute atomic E-state index is 6.13. The fraction of sp³-hybridized carbons (Fsp3) is 0. The van der Waals surface area contributed by atoms with Gasteiger partial charge in [0.25, 0.3) is 0 Å². The third kappa shape index (κ3) is 6.17. The monoisotopic (exact) mass is 736 g/mol. The van der Waals surface area contributed by atoms with Crippen molar-refractivity contribution in [3.63, 3.8) is 0 Å². The molecule has 53 heavy (non-hydrogen) atoms. The molecular formula is C44H32N8Zn. The van der Waals surface area contributed by atoms with E-state index in [1.807, 2.05) is 146 Å². The van der Waals surface area contributed by atoms with Gasteiger partial charge in [0.2, 0.25) is 0 Å². The van der Waals surface area contributed by atoms with Crippen LogP contribution in [0.15, 0.2) is 121 Å². The first-order valence-corrected chi connectivity index (χ1v) is 16.9. The molecule has 3 aromatic heterocycles. The second-order valence-electron chi connectivity index (χ2n) is 12.9. The summed E-state index contributed by atoms with van der Waals surface area (Å²) in [4.78, 5) is 21.1. The number of benzene rings is 4. The minimum atomic E-state index is 0. The van der Waals surface area contributed by atoms with E-state index in [0.717, 1.165) is 89.4 Å². The number of rotatable bonds is 4. The van der Waals surface area contributed by atoms with Gasteiger partial charge >= 0.3 is 19.5 Å². The first-order chi connectivity index (χ1) is 25.4. The molecule has 7 aromatic rings. The number of nitrogens with two attached hydrogens (primary N) is 4. The van der Waals surface area contributed by atoms with E-state index in [9.17, 15) is 0 Å². The van der Waals surface area contributed by atoms with Gasteiger partial charge in [-0.25, -0.2) is 9.97 Å². The van der Waals surface area contributed by atoms with E-state index >= 15 is 0 Å². The van der Waals surface area contributed by atoms with Crippen molar-refractivity contribution in [2.24, 2.45) is 0 Å². The van der Waals surface area contributed by atoms with Crippen molar-refractivity contribution in [2.45, 2.75) is 0 Å². The van der Waals surface area contributed by atoms with Crippen molar-refractivity contribution < 1.29 is 19.5 Å². The van der Waals surface area contributed by atoms with Crippen LogP contribution < -0.4 is 32.9 Å². The van der Waals surface area contributed by atoms with Crippen LogP contribution in [0.25, 0.3) is 90.9 Å². The molecule has 250 valence electrons. The maximum atomic E-state index is 6.13. The molecule has 8 N–H and O–H groups in total. The largest absolute Gasteiger partial charge is 2.00 e. The summed E-state index contributed by atoms with van der Waals surface area (Å²) < 4.78 is 0. The summed E-state index contributed by atoms with van der Waals surface area (Å²) >= 11 is 0. The Morgan fingerprint density at radius 1 is 0.302 bits per heavy atom. The van der Waals surface area contributed by atoms with Crippen LogP contribution in [0.2, 0.25) is 0 Å². The smallest absolute Gasteiger partial charge is 0.657 e. The van der Waals surface area contributed by atoms with Gasteiger partial charge in [0.1, 0.15) is 0 Å².